The second-order valence-electron chi connectivity index (χ2n) is 6.90. The molecule has 1 aromatic rings. The average molecular weight is 470 g/mol. The second-order valence-corrected chi connectivity index (χ2v) is 6.90. The molecule has 2 aliphatic heterocycles. The van der Waals surface area contributed by atoms with Gasteiger partial charge in [0.25, 0.3) is 0 Å². The first kappa shape index (κ1) is 27.1. The molecule has 2 fully saturated rings. The number of pyridine rings is 1. The van der Waals surface area contributed by atoms with Gasteiger partial charge in [-0.2, -0.15) is 10.2 Å². The van der Waals surface area contributed by atoms with Crippen molar-refractivity contribution < 1.29 is 41.9 Å². The molecule has 2 N–H and O–H groups in total. The Morgan fingerprint density at radius 1 is 0.821 bits per heavy atom. The molecule has 0 radical (unpaired) electrons. The summed E-state index contributed by atoms with van der Waals surface area (Å²) in [5, 5.41) is 13.3. The van der Waals surface area contributed by atoms with Crippen LogP contribution in [0.3, 0.4) is 0 Å². The minimum atomic E-state index is 0. The van der Waals surface area contributed by atoms with Crippen molar-refractivity contribution in [2.75, 3.05) is 26.2 Å². The van der Waals surface area contributed by atoms with Crippen molar-refractivity contribution in [3.05, 3.63) is 29.1 Å². The van der Waals surface area contributed by atoms with E-state index in [-0.39, 0.29) is 41.9 Å². The fraction of sp³-hybridized carbons (Fsp3) is 0.611. The van der Waals surface area contributed by atoms with Crippen molar-refractivity contribution in [2.24, 2.45) is 10.2 Å². The molecule has 0 aromatic carbocycles. The third-order valence-corrected chi connectivity index (χ3v) is 4.64. The fourth-order valence-corrected chi connectivity index (χ4v) is 3.08. The number of rotatable bonds is 6. The predicted octanol–water partition coefficient (Wildman–Crippen LogP) is -3.96. The van der Waals surface area contributed by atoms with Crippen molar-refractivity contribution >= 4 is 11.4 Å². The van der Waals surface area contributed by atoms with Crippen LogP contribution in [0.2, 0.25) is 0 Å². The summed E-state index contributed by atoms with van der Waals surface area (Å²) in [6.07, 6.45) is 4.92. The van der Waals surface area contributed by atoms with Crippen molar-refractivity contribution in [3.63, 3.8) is 0 Å². The van der Waals surface area contributed by atoms with Crippen molar-refractivity contribution in [2.45, 2.75) is 46.5 Å². The monoisotopic (exact) mass is 469 g/mol. The van der Waals surface area contributed by atoms with Gasteiger partial charge in [0.15, 0.2) is 0 Å². The predicted molar refractivity (Wildman–Crippen MR) is 101 cm³/mol. The van der Waals surface area contributed by atoms with Gasteiger partial charge in [-0.15, -0.1) is 0 Å². The average Bonchev–Trinajstić information content (AvgIpc) is 3.30. The van der Waals surface area contributed by atoms with Gasteiger partial charge in [-0.1, -0.05) is 0 Å². The van der Waals surface area contributed by atoms with Gasteiger partial charge in [-0.25, -0.2) is 26.1 Å². The van der Waals surface area contributed by atoms with Gasteiger partial charge in [0.2, 0.25) is 0 Å². The van der Waals surface area contributed by atoms with E-state index in [9.17, 15) is 0 Å². The molecule has 1 aromatic heterocycles. The molecule has 3 rings (SSSR count). The maximum Gasteiger partial charge on any atom is 2.00 e. The standard InChI is InChI=1S/C18H29N7.2ClH.Fe/c1-14-12-17(15(2)20-22-24-8-4-5-9-24)19-18(13-14)16(3)21-23-25-10-6-7-11-25;;;/h12-13,22-23H,4-11H2,1-3H3;2*1H;/q;;;+2/p-2. The molecule has 0 spiro atoms. The summed E-state index contributed by atoms with van der Waals surface area (Å²) in [7, 11) is 0. The maximum atomic E-state index is 4.75. The largest absolute Gasteiger partial charge is 2.00 e. The smallest absolute Gasteiger partial charge is 1.00 e. The summed E-state index contributed by atoms with van der Waals surface area (Å²) < 4.78 is 0. The molecule has 0 bridgehead atoms. The normalized spacial score (nSPS) is 18.1. The zero-order valence-electron chi connectivity index (χ0n) is 16.7. The van der Waals surface area contributed by atoms with Crippen LogP contribution in [0.15, 0.2) is 22.3 Å². The Balaban J connectivity index is 0.00000243. The second kappa shape index (κ2) is 13.4. The minimum absolute atomic E-state index is 0. The van der Waals surface area contributed by atoms with Crippen LogP contribution in [0.5, 0.6) is 0 Å². The number of hydrazone groups is 2. The van der Waals surface area contributed by atoms with E-state index in [1.807, 2.05) is 13.8 Å². The Labute approximate surface area is 191 Å². The summed E-state index contributed by atoms with van der Waals surface area (Å²) in [6, 6.07) is 4.13. The first-order chi connectivity index (χ1) is 12.1. The maximum absolute atomic E-state index is 4.75. The zero-order chi connectivity index (χ0) is 17.6. The van der Waals surface area contributed by atoms with Gasteiger partial charge in [0, 0.05) is 26.2 Å². The molecule has 10 heteroatoms. The zero-order valence-corrected chi connectivity index (χ0v) is 19.3. The van der Waals surface area contributed by atoms with Crippen LogP contribution in [0.4, 0.5) is 0 Å². The van der Waals surface area contributed by atoms with E-state index in [2.05, 4.69) is 50.3 Å². The summed E-state index contributed by atoms with van der Waals surface area (Å²) in [5.41, 5.74) is 11.0. The van der Waals surface area contributed by atoms with Crippen molar-refractivity contribution in [3.8, 4) is 0 Å². The van der Waals surface area contributed by atoms with Crippen LogP contribution in [0, 0.1) is 6.92 Å². The van der Waals surface area contributed by atoms with Crippen molar-refractivity contribution in [1.29, 1.82) is 0 Å². The van der Waals surface area contributed by atoms with Crippen LogP contribution < -0.4 is 35.9 Å². The Bertz CT molecular complexity index is 605. The summed E-state index contributed by atoms with van der Waals surface area (Å²) in [5.74, 6) is 0. The summed E-state index contributed by atoms with van der Waals surface area (Å²) in [4.78, 5) is 4.75. The van der Waals surface area contributed by atoms with E-state index in [0.717, 1.165) is 54.6 Å². The van der Waals surface area contributed by atoms with E-state index in [4.69, 9.17) is 4.98 Å². The number of nitrogens with zero attached hydrogens (tertiary/aromatic N) is 5. The minimum Gasteiger partial charge on any atom is -1.00 e. The molecule has 7 nitrogen and oxygen atoms in total. The van der Waals surface area contributed by atoms with Gasteiger partial charge in [-0.05, 0) is 64.2 Å². The molecule has 2 saturated heterocycles. The molecule has 0 saturated carbocycles. The third kappa shape index (κ3) is 7.85. The van der Waals surface area contributed by atoms with Gasteiger partial charge in [0.05, 0.1) is 22.8 Å². The molecule has 0 aliphatic carbocycles. The number of hydrogen-bond acceptors (Lipinski definition) is 7. The number of halogens is 2. The van der Waals surface area contributed by atoms with Gasteiger partial charge in [0.1, 0.15) is 0 Å². The van der Waals surface area contributed by atoms with Crippen molar-refractivity contribution in [1.82, 2.24) is 26.1 Å². The van der Waals surface area contributed by atoms with E-state index in [0.29, 0.717) is 0 Å². The molecule has 158 valence electrons. The van der Waals surface area contributed by atoms with Crippen LogP contribution >= 0.6 is 0 Å². The summed E-state index contributed by atoms with van der Waals surface area (Å²) >= 11 is 0. The first-order valence-electron chi connectivity index (χ1n) is 9.21. The van der Waals surface area contributed by atoms with Gasteiger partial charge >= 0.3 is 17.1 Å². The molecule has 28 heavy (non-hydrogen) atoms. The van der Waals surface area contributed by atoms with Crippen LogP contribution in [0.1, 0.15) is 56.5 Å². The molecular weight excluding hydrogens is 441 g/mol. The Morgan fingerprint density at radius 3 is 1.54 bits per heavy atom. The summed E-state index contributed by atoms with van der Waals surface area (Å²) in [6.45, 7) is 10.3. The Morgan fingerprint density at radius 2 is 1.18 bits per heavy atom. The van der Waals surface area contributed by atoms with Crippen LogP contribution in [-0.2, 0) is 17.1 Å². The molecule has 0 amide bonds. The third-order valence-electron chi connectivity index (χ3n) is 4.64. The number of hydrazine groups is 2. The van der Waals surface area contributed by atoms with Gasteiger partial charge in [-0.3, -0.25) is 0 Å². The van der Waals surface area contributed by atoms with E-state index in [1.165, 1.54) is 25.7 Å². The fourth-order valence-electron chi connectivity index (χ4n) is 3.08. The van der Waals surface area contributed by atoms with E-state index >= 15 is 0 Å². The number of aromatic nitrogens is 1. The van der Waals surface area contributed by atoms with Crippen LogP contribution in [0.25, 0.3) is 0 Å². The van der Waals surface area contributed by atoms with E-state index < -0.39 is 0 Å². The molecule has 0 unspecified atom stereocenters. The molecular formula is C18H29Cl2FeN7. The molecule has 2 aliphatic rings. The Kier molecular flexibility index (Phi) is 12.9. The molecule has 0 atom stereocenters. The van der Waals surface area contributed by atoms with Gasteiger partial charge < -0.3 is 24.8 Å². The first-order valence-corrected chi connectivity index (χ1v) is 9.21. The number of aryl methyl sites for hydroxylation is 1. The quantitative estimate of drug-likeness (QED) is 0.253. The SMILES string of the molecule is CC(=NNN1CCCC1)c1cc(C)cc(C(C)=NNN2CCCC2)n1.[Cl-].[Cl-].[Fe+2]. The Hall–Kier alpha value is -0.891. The van der Waals surface area contributed by atoms with Crippen LogP contribution in [-0.4, -0.2) is 52.6 Å². The number of nitrogens with one attached hydrogen (secondary N) is 2. The topological polar surface area (TPSA) is 68.2 Å². The number of hydrogen-bond donors (Lipinski definition) is 2. The molecule has 3 heterocycles. The van der Waals surface area contributed by atoms with E-state index in [1.54, 1.807) is 0 Å².